The molecule has 3 aliphatic heterocycles. The Balaban J connectivity index is 1.55. The number of piperidine rings is 1. The Morgan fingerprint density at radius 2 is 2.00 bits per heavy atom. The zero-order chi connectivity index (χ0) is 12.4. The van der Waals surface area contributed by atoms with Gasteiger partial charge in [0.15, 0.2) is 0 Å². The van der Waals surface area contributed by atoms with E-state index in [4.69, 9.17) is 0 Å². The molecule has 3 heteroatoms. The van der Waals surface area contributed by atoms with Crippen LogP contribution in [-0.4, -0.2) is 61.2 Å². The summed E-state index contributed by atoms with van der Waals surface area (Å²) in [7, 11) is 0. The standard InChI is InChI=1S/C15H29N3/c1-2-17-9-4-6-14(7-10-17)18-11-13-5-3-8-16-15(13)12-18/h13-16H,2-12H2,1H3. The van der Waals surface area contributed by atoms with Gasteiger partial charge in [-0.25, -0.2) is 0 Å². The molecule has 0 aromatic carbocycles. The van der Waals surface area contributed by atoms with Crippen LogP contribution in [0.5, 0.6) is 0 Å². The van der Waals surface area contributed by atoms with Gasteiger partial charge in [0.2, 0.25) is 0 Å². The monoisotopic (exact) mass is 251 g/mol. The molecule has 104 valence electrons. The Morgan fingerprint density at radius 1 is 1.06 bits per heavy atom. The Bertz CT molecular complexity index is 254. The summed E-state index contributed by atoms with van der Waals surface area (Å²) in [4.78, 5) is 5.44. The van der Waals surface area contributed by atoms with Crippen LogP contribution in [0, 0.1) is 5.92 Å². The highest BCUT2D eigenvalue weighted by molar-refractivity contribution is 4.94. The second-order valence-corrected chi connectivity index (χ2v) is 6.44. The molecule has 3 atom stereocenters. The molecule has 3 unspecified atom stereocenters. The lowest BCUT2D eigenvalue weighted by Gasteiger charge is -2.27. The molecule has 0 bridgehead atoms. The number of nitrogens with zero attached hydrogens (tertiary/aromatic N) is 2. The fraction of sp³-hybridized carbons (Fsp3) is 1.00. The van der Waals surface area contributed by atoms with Crippen molar-refractivity contribution in [2.45, 2.75) is 51.1 Å². The van der Waals surface area contributed by atoms with Crippen molar-refractivity contribution in [2.75, 3.05) is 39.3 Å². The first-order chi connectivity index (χ1) is 8.86. The van der Waals surface area contributed by atoms with E-state index in [0.717, 1.165) is 18.0 Å². The van der Waals surface area contributed by atoms with E-state index >= 15 is 0 Å². The summed E-state index contributed by atoms with van der Waals surface area (Å²) in [5.41, 5.74) is 0. The van der Waals surface area contributed by atoms with E-state index in [1.165, 1.54) is 71.4 Å². The van der Waals surface area contributed by atoms with Crippen molar-refractivity contribution in [1.29, 1.82) is 0 Å². The molecule has 3 heterocycles. The molecule has 0 spiro atoms. The minimum absolute atomic E-state index is 0.810. The lowest BCUT2D eigenvalue weighted by Crippen LogP contribution is -2.41. The first-order valence-corrected chi connectivity index (χ1v) is 8.06. The normalized spacial score (nSPS) is 39.5. The van der Waals surface area contributed by atoms with Crippen molar-refractivity contribution < 1.29 is 0 Å². The zero-order valence-corrected chi connectivity index (χ0v) is 11.9. The molecule has 3 fully saturated rings. The maximum absolute atomic E-state index is 3.73. The molecule has 18 heavy (non-hydrogen) atoms. The molecule has 0 aromatic heterocycles. The van der Waals surface area contributed by atoms with Crippen LogP contribution in [0.2, 0.25) is 0 Å². The van der Waals surface area contributed by atoms with Crippen LogP contribution in [0.15, 0.2) is 0 Å². The first-order valence-electron chi connectivity index (χ1n) is 8.06. The van der Waals surface area contributed by atoms with Crippen LogP contribution in [-0.2, 0) is 0 Å². The highest BCUT2D eigenvalue weighted by Gasteiger charge is 2.37. The topological polar surface area (TPSA) is 18.5 Å². The molecule has 0 aliphatic carbocycles. The Kier molecular flexibility index (Phi) is 4.22. The summed E-state index contributed by atoms with van der Waals surface area (Å²) in [6, 6.07) is 1.68. The van der Waals surface area contributed by atoms with E-state index in [1.54, 1.807) is 0 Å². The van der Waals surface area contributed by atoms with Gasteiger partial charge < -0.3 is 10.2 Å². The second-order valence-electron chi connectivity index (χ2n) is 6.44. The highest BCUT2D eigenvalue weighted by atomic mass is 15.2. The van der Waals surface area contributed by atoms with Gasteiger partial charge in [0, 0.05) is 25.2 Å². The van der Waals surface area contributed by atoms with Gasteiger partial charge in [-0.05, 0) is 64.2 Å². The third-order valence-corrected chi connectivity index (χ3v) is 5.38. The van der Waals surface area contributed by atoms with Gasteiger partial charge in [0.1, 0.15) is 0 Å². The minimum Gasteiger partial charge on any atom is -0.312 e. The third-order valence-electron chi connectivity index (χ3n) is 5.38. The van der Waals surface area contributed by atoms with Crippen molar-refractivity contribution in [1.82, 2.24) is 15.1 Å². The van der Waals surface area contributed by atoms with Crippen molar-refractivity contribution in [3.63, 3.8) is 0 Å². The van der Waals surface area contributed by atoms with Crippen LogP contribution >= 0.6 is 0 Å². The van der Waals surface area contributed by atoms with Crippen LogP contribution in [0.4, 0.5) is 0 Å². The lowest BCUT2D eigenvalue weighted by molar-refractivity contribution is 0.208. The molecule has 3 aliphatic rings. The summed E-state index contributed by atoms with van der Waals surface area (Å²) in [6.07, 6.45) is 7.08. The van der Waals surface area contributed by atoms with E-state index in [1.807, 2.05) is 0 Å². The molecule has 3 rings (SSSR count). The maximum Gasteiger partial charge on any atom is 0.0235 e. The van der Waals surface area contributed by atoms with E-state index < -0.39 is 0 Å². The van der Waals surface area contributed by atoms with Crippen molar-refractivity contribution in [2.24, 2.45) is 5.92 Å². The Labute approximate surface area is 112 Å². The summed E-state index contributed by atoms with van der Waals surface area (Å²) in [6.45, 7) is 10.1. The molecule has 0 radical (unpaired) electrons. The van der Waals surface area contributed by atoms with Gasteiger partial charge in [-0.3, -0.25) is 4.90 Å². The number of hydrogen-bond donors (Lipinski definition) is 1. The molecular weight excluding hydrogens is 222 g/mol. The van der Waals surface area contributed by atoms with E-state index in [9.17, 15) is 0 Å². The average molecular weight is 251 g/mol. The molecular formula is C15H29N3. The van der Waals surface area contributed by atoms with E-state index in [2.05, 4.69) is 22.0 Å². The molecule has 0 amide bonds. The van der Waals surface area contributed by atoms with Crippen LogP contribution in [0.3, 0.4) is 0 Å². The molecule has 3 saturated heterocycles. The largest absolute Gasteiger partial charge is 0.312 e. The lowest BCUT2D eigenvalue weighted by atomic mass is 9.94. The van der Waals surface area contributed by atoms with Crippen molar-refractivity contribution in [3.8, 4) is 0 Å². The van der Waals surface area contributed by atoms with Crippen LogP contribution in [0.25, 0.3) is 0 Å². The molecule has 3 nitrogen and oxygen atoms in total. The summed E-state index contributed by atoms with van der Waals surface area (Å²) >= 11 is 0. The van der Waals surface area contributed by atoms with Crippen molar-refractivity contribution in [3.05, 3.63) is 0 Å². The first kappa shape index (κ1) is 12.9. The molecule has 0 aromatic rings. The average Bonchev–Trinajstić information content (AvgIpc) is 2.68. The number of nitrogens with one attached hydrogen (secondary N) is 1. The number of fused-ring (bicyclic) bond motifs is 1. The van der Waals surface area contributed by atoms with Gasteiger partial charge in [0.05, 0.1) is 0 Å². The van der Waals surface area contributed by atoms with Gasteiger partial charge in [-0.15, -0.1) is 0 Å². The SMILES string of the molecule is CCN1CCCC(N2CC3CCCNC3C2)CC1. The highest BCUT2D eigenvalue weighted by Crippen LogP contribution is 2.29. The predicted molar refractivity (Wildman–Crippen MR) is 75.8 cm³/mol. The molecule has 0 saturated carbocycles. The van der Waals surface area contributed by atoms with Gasteiger partial charge in [0.25, 0.3) is 0 Å². The summed E-state index contributed by atoms with van der Waals surface area (Å²) in [5, 5.41) is 3.73. The predicted octanol–water partition coefficient (Wildman–Crippen LogP) is 1.54. The Hall–Kier alpha value is -0.120. The van der Waals surface area contributed by atoms with Gasteiger partial charge in [-0.1, -0.05) is 6.92 Å². The van der Waals surface area contributed by atoms with Crippen LogP contribution in [0.1, 0.15) is 39.0 Å². The third kappa shape index (κ3) is 2.73. The van der Waals surface area contributed by atoms with Gasteiger partial charge in [-0.2, -0.15) is 0 Å². The summed E-state index contributed by atoms with van der Waals surface area (Å²) in [5.74, 6) is 0.948. The van der Waals surface area contributed by atoms with Crippen LogP contribution < -0.4 is 5.32 Å². The minimum atomic E-state index is 0.810. The fourth-order valence-electron chi connectivity index (χ4n) is 4.20. The number of likely N-dealkylation sites (tertiary alicyclic amines) is 2. The van der Waals surface area contributed by atoms with E-state index in [-0.39, 0.29) is 0 Å². The van der Waals surface area contributed by atoms with E-state index in [0.29, 0.717) is 0 Å². The molecule has 1 N–H and O–H groups in total. The Morgan fingerprint density at radius 3 is 2.83 bits per heavy atom. The smallest absolute Gasteiger partial charge is 0.0235 e. The fourth-order valence-corrected chi connectivity index (χ4v) is 4.20. The van der Waals surface area contributed by atoms with Gasteiger partial charge >= 0.3 is 0 Å². The zero-order valence-electron chi connectivity index (χ0n) is 11.9. The second kappa shape index (κ2) is 5.89. The maximum atomic E-state index is 3.73. The number of rotatable bonds is 2. The quantitative estimate of drug-likeness (QED) is 0.803. The van der Waals surface area contributed by atoms with Crippen molar-refractivity contribution >= 4 is 0 Å². The number of hydrogen-bond acceptors (Lipinski definition) is 3. The summed E-state index contributed by atoms with van der Waals surface area (Å²) < 4.78 is 0.